The Morgan fingerprint density at radius 3 is 3.07 bits per heavy atom. The van der Waals surface area contributed by atoms with Gasteiger partial charge in [-0.15, -0.1) is 0 Å². The minimum atomic E-state index is -0.602. The molecule has 78 valence electrons. The minimum Gasteiger partial charge on any atom is -0.386 e. The van der Waals surface area contributed by atoms with Crippen molar-refractivity contribution in [3.05, 3.63) is 23.3 Å². The van der Waals surface area contributed by atoms with Crippen molar-refractivity contribution in [2.24, 2.45) is 0 Å². The number of methoxy groups -OCH3 is 1. The first-order valence-electron chi connectivity index (χ1n) is 5.30. The van der Waals surface area contributed by atoms with Crippen molar-refractivity contribution in [3.63, 3.8) is 0 Å². The van der Waals surface area contributed by atoms with Gasteiger partial charge in [0.05, 0.1) is 11.7 Å². The Balaban J connectivity index is 2.39. The molecule has 0 unspecified atom stereocenters. The monoisotopic (exact) mass is 194 g/mol. The molecule has 0 saturated carbocycles. The zero-order valence-electron chi connectivity index (χ0n) is 8.92. The van der Waals surface area contributed by atoms with Crippen LogP contribution in [-0.4, -0.2) is 23.9 Å². The molecule has 0 aromatic rings. The highest BCUT2D eigenvalue weighted by atomic mass is 16.5. The number of ether oxygens (including phenoxy) is 1. The fraction of sp³-hybridized carbons (Fsp3) is 0.667. The number of hydrogen-bond acceptors (Lipinski definition) is 2. The van der Waals surface area contributed by atoms with Crippen LogP contribution in [0.3, 0.4) is 0 Å². The zero-order valence-corrected chi connectivity index (χ0v) is 8.92. The minimum absolute atomic E-state index is 0.196. The summed E-state index contributed by atoms with van der Waals surface area (Å²) < 4.78 is 5.43. The molecular weight excluding hydrogens is 176 g/mol. The van der Waals surface area contributed by atoms with Crippen LogP contribution in [-0.2, 0) is 4.74 Å². The van der Waals surface area contributed by atoms with Crippen LogP contribution >= 0.6 is 0 Å². The molecule has 2 heteroatoms. The molecule has 0 aromatic heterocycles. The van der Waals surface area contributed by atoms with E-state index in [4.69, 9.17) is 4.74 Å². The van der Waals surface area contributed by atoms with Gasteiger partial charge in [-0.05, 0) is 43.8 Å². The molecule has 0 radical (unpaired) electrons. The smallest absolute Gasteiger partial charge is 0.0836 e. The first-order valence-corrected chi connectivity index (χ1v) is 5.30. The quantitative estimate of drug-likeness (QED) is 0.693. The van der Waals surface area contributed by atoms with Gasteiger partial charge < -0.3 is 9.84 Å². The number of allylic oxidation sites excluding steroid dienone is 1. The molecule has 0 bridgehead atoms. The van der Waals surface area contributed by atoms with Gasteiger partial charge >= 0.3 is 0 Å². The van der Waals surface area contributed by atoms with Gasteiger partial charge in [-0.25, -0.2) is 0 Å². The average Bonchev–Trinajstić information content (AvgIpc) is 2.18. The standard InChI is InChI=1S/C12H18O2/c1-12(13)8-7-11(14-2)9-5-3-4-6-10(9)12/h3,5,11,13H,4,6-8H2,1-2H3/t11-,12-/m0/s1. The van der Waals surface area contributed by atoms with Crippen LogP contribution < -0.4 is 0 Å². The lowest BCUT2D eigenvalue weighted by atomic mass is 9.75. The molecule has 0 aliphatic heterocycles. The summed E-state index contributed by atoms with van der Waals surface area (Å²) in [6, 6.07) is 0. The molecule has 2 rings (SSSR count). The summed E-state index contributed by atoms with van der Waals surface area (Å²) in [5.74, 6) is 0. The number of rotatable bonds is 1. The van der Waals surface area contributed by atoms with Gasteiger partial charge in [-0.3, -0.25) is 0 Å². The first kappa shape index (κ1) is 9.94. The van der Waals surface area contributed by atoms with E-state index in [9.17, 15) is 5.11 Å². The van der Waals surface area contributed by atoms with Crippen LogP contribution in [0.1, 0.15) is 32.6 Å². The Morgan fingerprint density at radius 2 is 2.36 bits per heavy atom. The van der Waals surface area contributed by atoms with Crippen LogP contribution in [0.2, 0.25) is 0 Å². The van der Waals surface area contributed by atoms with Crippen molar-refractivity contribution in [1.29, 1.82) is 0 Å². The average molecular weight is 194 g/mol. The lowest BCUT2D eigenvalue weighted by molar-refractivity contribution is 0.0354. The molecule has 0 aromatic carbocycles. The second-order valence-electron chi connectivity index (χ2n) is 4.41. The Labute approximate surface area is 85.3 Å². The van der Waals surface area contributed by atoms with Gasteiger partial charge in [0.25, 0.3) is 0 Å². The van der Waals surface area contributed by atoms with Crippen molar-refractivity contribution in [2.45, 2.75) is 44.3 Å². The normalized spacial score (nSPS) is 37.2. The third-order valence-corrected chi connectivity index (χ3v) is 3.38. The molecule has 2 atom stereocenters. The van der Waals surface area contributed by atoms with Crippen LogP contribution in [0, 0.1) is 0 Å². The highest BCUT2D eigenvalue weighted by molar-refractivity contribution is 5.39. The van der Waals surface area contributed by atoms with Crippen molar-refractivity contribution in [1.82, 2.24) is 0 Å². The molecule has 0 amide bonds. The maximum atomic E-state index is 10.2. The second kappa shape index (κ2) is 3.52. The molecule has 2 aliphatic carbocycles. The van der Waals surface area contributed by atoms with Crippen LogP contribution in [0.25, 0.3) is 0 Å². The molecular formula is C12H18O2. The lowest BCUT2D eigenvalue weighted by Gasteiger charge is -2.38. The van der Waals surface area contributed by atoms with Crippen molar-refractivity contribution in [3.8, 4) is 0 Å². The number of aliphatic hydroxyl groups is 1. The van der Waals surface area contributed by atoms with Gasteiger partial charge in [0.1, 0.15) is 0 Å². The Morgan fingerprint density at radius 1 is 1.57 bits per heavy atom. The summed E-state index contributed by atoms with van der Waals surface area (Å²) in [5.41, 5.74) is 1.81. The van der Waals surface area contributed by atoms with E-state index in [1.54, 1.807) is 7.11 Å². The highest BCUT2D eigenvalue weighted by Gasteiger charge is 2.36. The molecule has 0 spiro atoms. The van der Waals surface area contributed by atoms with E-state index in [1.807, 2.05) is 6.92 Å². The molecule has 0 saturated heterocycles. The van der Waals surface area contributed by atoms with Gasteiger partial charge in [0.15, 0.2) is 0 Å². The van der Waals surface area contributed by atoms with E-state index >= 15 is 0 Å². The van der Waals surface area contributed by atoms with Crippen molar-refractivity contribution < 1.29 is 9.84 Å². The summed E-state index contributed by atoms with van der Waals surface area (Å²) in [6.07, 6.45) is 8.27. The van der Waals surface area contributed by atoms with Gasteiger partial charge in [-0.2, -0.15) is 0 Å². The van der Waals surface area contributed by atoms with E-state index in [2.05, 4.69) is 12.2 Å². The first-order chi connectivity index (χ1) is 6.65. The fourth-order valence-corrected chi connectivity index (χ4v) is 2.53. The van der Waals surface area contributed by atoms with E-state index in [1.165, 1.54) is 11.1 Å². The van der Waals surface area contributed by atoms with E-state index in [-0.39, 0.29) is 6.10 Å². The van der Waals surface area contributed by atoms with Crippen molar-refractivity contribution >= 4 is 0 Å². The largest absolute Gasteiger partial charge is 0.386 e. The molecule has 2 aliphatic rings. The maximum Gasteiger partial charge on any atom is 0.0836 e. The van der Waals surface area contributed by atoms with E-state index < -0.39 is 5.60 Å². The van der Waals surface area contributed by atoms with Gasteiger partial charge in [-0.1, -0.05) is 12.2 Å². The van der Waals surface area contributed by atoms with Crippen LogP contribution in [0.4, 0.5) is 0 Å². The molecule has 1 N–H and O–H groups in total. The van der Waals surface area contributed by atoms with Gasteiger partial charge in [0, 0.05) is 7.11 Å². The Kier molecular flexibility index (Phi) is 2.50. The summed E-state index contributed by atoms with van der Waals surface area (Å²) in [7, 11) is 1.75. The zero-order chi connectivity index (χ0) is 10.2. The highest BCUT2D eigenvalue weighted by Crippen LogP contribution is 2.39. The fourth-order valence-electron chi connectivity index (χ4n) is 2.53. The molecule has 0 fully saturated rings. The third-order valence-electron chi connectivity index (χ3n) is 3.38. The summed E-state index contributed by atoms with van der Waals surface area (Å²) in [4.78, 5) is 0. The van der Waals surface area contributed by atoms with Crippen LogP contribution in [0.5, 0.6) is 0 Å². The van der Waals surface area contributed by atoms with E-state index in [0.29, 0.717) is 0 Å². The molecule has 14 heavy (non-hydrogen) atoms. The Hall–Kier alpha value is -0.600. The SMILES string of the molecule is CO[C@H]1CC[C@](C)(O)C2=C1C=CCC2. The lowest BCUT2D eigenvalue weighted by Crippen LogP contribution is -2.37. The Bertz CT molecular complexity index is 287. The van der Waals surface area contributed by atoms with Crippen LogP contribution in [0.15, 0.2) is 23.3 Å². The second-order valence-corrected chi connectivity index (χ2v) is 4.41. The maximum absolute atomic E-state index is 10.2. The number of hydrogen-bond donors (Lipinski definition) is 1. The molecule has 2 nitrogen and oxygen atoms in total. The topological polar surface area (TPSA) is 29.5 Å². The summed E-state index contributed by atoms with van der Waals surface area (Å²) in [5, 5.41) is 10.2. The summed E-state index contributed by atoms with van der Waals surface area (Å²) >= 11 is 0. The summed E-state index contributed by atoms with van der Waals surface area (Å²) in [6.45, 7) is 1.92. The predicted molar refractivity (Wildman–Crippen MR) is 56.1 cm³/mol. The third kappa shape index (κ3) is 1.53. The van der Waals surface area contributed by atoms with E-state index in [0.717, 1.165) is 25.7 Å². The molecule has 0 heterocycles. The van der Waals surface area contributed by atoms with Gasteiger partial charge in [0.2, 0.25) is 0 Å². The van der Waals surface area contributed by atoms with Crippen molar-refractivity contribution in [2.75, 3.05) is 7.11 Å². The predicted octanol–water partition coefficient (Wildman–Crippen LogP) is 2.19.